The van der Waals surface area contributed by atoms with Crippen LogP contribution in [-0.2, 0) is 0 Å². The van der Waals surface area contributed by atoms with Gasteiger partial charge in [-0.05, 0) is 34.5 Å². The molecular formula is C10H9BrN4S. The van der Waals surface area contributed by atoms with Gasteiger partial charge in [0.25, 0.3) is 0 Å². The number of hydrogen-bond acceptors (Lipinski definition) is 3. The molecule has 2 aromatic heterocycles. The van der Waals surface area contributed by atoms with Gasteiger partial charge in [0, 0.05) is 23.1 Å². The van der Waals surface area contributed by atoms with Crippen molar-refractivity contribution in [2.24, 2.45) is 5.73 Å². The Labute approximate surface area is 107 Å². The molecule has 82 valence electrons. The van der Waals surface area contributed by atoms with Crippen molar-refractivity contribution in [3.63, 3.8) is 0 Å². The quantitative estimate of drug-likeness (QED) is 0.861. The number of nitrogens with zero attached hydrogens (tertiary/aromatic N) is 3. The van der Waals surface area contributed by atoms with Crippen LogP contribution in [0.2, 0.25) is 0 Å². The van der Waals surface area contributed by atoms with Crippen LogP contribution in [0.3, 0.4) is 0 Å². The average Bonchev–Trinajstić information content (AvgIpc) is 2.71. The summed E-state index contributed by atoms with van der Waals surface area (Å²) in [5.41, 5.74) is 6.67. The lowest BCUT2D eigenvalue weighted by Crippen LogP contribution is -2.16. The van der Waals surface area contributed by atoms with Gasteiger partial charge in [-0.25, -0.2) is 9.97 Å². The molecule has 2 aromatic rings. The highest BCUT2D eigenvalue weighted by Gasteiger charge is 2.09. The minimum Gasteiger partial charge on any atom is -0.387 e. The smallest absolute Gasteiger partial charge is 0.173 e. The summed E-state index contributed by atoms with van der Waals surface area (Å²) in [5, 5.41) is 0. The predicted octanol–water partition coefficient (Wildman–Crippen LogP) is 1.97. The Morgan fingerprint density at radius 1 is 1.50 bits per heavy atom. The van der Waals surface area contributed by atoms with E-state index in [4.69, 9.17) is 18.0 Å². The van der Waals surface area contributed by atoms with Crippen molar-refractivity contribution in [2.45, 2.75) is 6.92 Å². The van der Waals surface area contributed by atoms with Gasteiger partial charge in [-0.2, -0.15) is 0 Å². The molecule has 6 heteroatoms. The molecule has 0 saturated carbocycles. The summed E-state index contributed by atoms with van der Waals surface area (Å²) in [4.78, 5) is 8.63. The van der Waals surface area contributed by atoms with E-state index in [1.54, 1.807) is 23.2 Å². The van der Waals surface area contributed by atoms with Gasteiger partial charge in [0.15, 0.2) is 5.82 Å². The van der Waals surface area contributed by atoms with E-state index in [-0.39, 0.29) is 4.99 Å². The first-order valence-electron chi connectivity index (χ1n) is 4.55. The number of halogens is 1. The van der Waals surface area contributed by atoms with E-state index in [0.717, 1.165) is 15.9 Å². The van der Waals surface area contributed by atoms with E-state index in [1.165, 1.54) is 0 Å². The average molecular weight is 297 g/mol. The predicted molar refractivity (Wildman–Crippen MR) is 69.7 cm³/mol. The van der Waals surface area contributed by atoms with E-state index in [2.05, 4.69) is 25.9 Å². The second-order valence-corrected chi connectivity index (χ2v) is 4.57. The second-order valence-electron chi connectivity index (χ2n) is 3.28. The Bertz CT molecular complexity index is 550. The number of rotatable bonds is 2. The molecule has 2 N–H and O–H groups in total. The highest BCUT2D eigenvalue weighted by molar-refractivity contribution is 9.10. The van der Waals surface area contributed by atoms with Crippen molar-refractivity contribution in [1.82, 2.24) is 14.5 Å². The van der Waals surface area contributed by atoms with Crippen molar-refractivity contribution < 1.29 is 0 Å². The fourth-order valence-electron chi connectivity index (χ4n) is 1.33. The second kappa shape index (κ2) is 4.31. The normalized spacial score (nSPS) is 10.4. The van der Waals surface area contributed by atoms with E-state index in [0.29, 0.717) is 5.82 Å². The maximum atomic E-state index is 5.58. The highest BCUT2D eigenvalue weighted by atomic mass is 79.9. The molecule has 0 aliphatic heterocycles. The third kappa shape index (κ3) is 1.98. The third-order valence-electron chi connectivity index (χ3n) is 2.14. The molecule has 2 heterocycles. The zero-order valence-corrected chi connectivity index (χ0v) is 10.9. The Morgan fingerprint density at radius 3 is 2.88 bits per heavy atom. The SMILES string of the molecule is Cc1cc(-n2ccnc2C(N)=S)ncc1Br. The topological polar surface area (TPSA) is 56.7 Å². The summed E-state index contributed by atoms with van der Waals surface area (Å²) < 4.78 is 2.73. The minimum absolute atomic E-state index is 0.257. The van der Waals surface area contributed by atoms with Gasteiger partial charge in [-0.15, -0.1) is 0 Å². The number of nitrogens with two attached hydrogens (primary N) is 1. The maximum absolute atomic E-state index is 5.58. The summed E-state index contributed by atoms with van der Waals surface area (Å²) in [6, 6.07) is 1.94. The highest BCUT2D eigenvalue weighted by Crippen LogP contribution is 2.17. The van der Waals surface area contributed by atoms with Gasteiger partial charge in [-0.3, -0.25) is 4.57 Å². The van der Waals surface area contributed by atoms with Crippen LogP contribution in [0.25, 0.3) is 5.82 Å². The largest absolute Gasteiger partial charge is 0.387 e. The van der Waals surface area contributed by atoms with Crippen molar-refractivity contribution in [3.05, 3.63) is 40.5 Å². The van der Waals surface area contributed by atoms with E-state index < -0.39 is 0 Å². The lowest BCUT2D eigenvalue weighted by Gasteiger charge is -2.07. The molecule has 0 aliphatic carbocycles. The van der Waals surface area contributed by atoms with Crippen LogP contribution in [0.15, 0.2) is 29.1 Å². The zero-order valence-electron chi connectivity index (χ0n) is 8.51. The van der Waals surface area contributed by atoms with Crippen LogP contribution in [0.4, 0.5) is 0 Å². The van der Waals surface area contributed by atoms with Gasteiger partial charge in [0.2, 0.25) is 0 Å². The van der Waals surface area contributed by atoms with Crippen molar-refractivity contribution >= 4 is 33.1 Å². The maximum Gasteiger partial charge on any atom is 0.173 e. The van der Waals surface area contributed by atoms with Gasteiger partial charge < -0.3 is 5.73 Å². The first-order valence-corrected chi connectivity index (χ1v) is 5.75. The number of pyridine rings is 1. The first-order chi connectivity index (χ1) is 7.59. The Morgan fingerprint density at radius 2 is 2.25 bits per heavy atom. The molecule has 0 spiro atoms. The molecule has 0 aliphatic rings. The molecule has 0 amide bonds. The van der Waals surface area contributed by atoms with Crippen LogP contribution in [0.5, 0.6) is 0 Å². The lowest BCUT2D eigenvalue weighted by atomic mass is 10.3. The summed E-state index contributed by atoms with van der Waals surface area (Å²) in [5.74, 6) is 1.30. The molecule has 4 nitrogen and oxygen atoms in total. The van der Waals surface area contributed by atoms with E-state index >= 15 is 0 Å². The van der Waals surface area contributed by atoms with Gasteiger partial charge in [0.05, 0.1) is 0 Å². The van der Waals surface area contributed by atoms with Crippen molar-refractivity contribution in [2.75, 3.05) is 0 Å². The lowest BCUT2D eigenvalue weighted by molar-refractivity contribution is 0.970. The molecule has 2 rings (SSSR count). The third-order valence-corrected chi connectivity index (χ3v) is 3.15. The molecule has 0 fully saturated rings. The van der Waals surface area contributed by atoms with E-state index in [1.807, 2.05) is 13.0 Å². The van der Waals surface area contributed by atoms with Crippen molar-refractivity contribution in [1.29, 1.82) is 0 Å². The van der Waals surface area contributed by atoms with Crippen LogP contribution in [0.1, 0.15) is 11.4 Å². The number of imidazole rings is 1. The standard InChI is InChI=1S/C10H9BrN4S/c1-6-4-8(14-5-7(6)11)15-3-2-13-10(15)9(12)16/h2-5H,1H3,(H2,12,16). The fourth-order valence-corrected chi connectivity index (χ4v) is 1.69. The van der Waals surface area contributed by atoms with Crippen LogP contribution >= 0.6 is 28.1 Å². The molecule has 0 saturated heterocycles. The zero-order chi connectivity index (χ0) is 11.7. The Balaban J connectivity index is 2.54. The van der Waals surface area contributed by atoms with Crippen LogP contribution < -0.4 is 5.73 Å². The minimum atomic E-state index is 0.257. The molecule has 0 unspecified atom stereocenters. The van der Waals surface area contributed by atoms with E-state index in [9.17, 15) is 0 Å². The molecular weight excluding hydrogens is 288 g/mol. The van der Waals surface area contributed by atoms with Crippen LogP contribution in [0, 0.1) is 6.92 Å². The number of aryl methyl sites for hydroxylation is 1. The first kappa shape index (κ1) is 11.2. The summed E-state index contributed by atoms with van der Waals surface area (Å²) in [6.45, 7) is 1.99. The molecule has 0 radical (unpaired) electrons. The summed E-state index contributed by atoms with van der Waals surface area (Å²) >= 11 is 8.32. The van der Waals surface area contributed by atoms with Gasteiger partial charge in [0.1, 0.15) is 10.8 Å². The number of aromatic nitrogens is 3. The Kier molecular flexibility index (Phi) is 3.02. The van der Waals surface area contributed by atoms with Gasteiger partial charge in [-0.1, -0.05) is 12.2 Å². The van der Waals surface area contributed by atoms with Crippen LogP contribution in [-0.4, -0.2) is 19.5 Å². The summed E-state index contributed by atoms with van der Waals surface area (Å²) in [6.07, 6.45) is 5.17. The molecule has 0 aromatic carbocycles. The summed E-state index contributed by atoms with van der Waals surface area (Å²) in [7, 11) is 0. The Hall–Kier alpha value is -1.27. The van der Waals surface area contributed by atoms with Gasteiger partial charge >= 0.3 is 0 Å². The number of hydrogen-bond donors (Lipinski definition) is 1. The molecule has 0 bridgehead atoms. The van der Waals surface area contributed by atoms with Crippen molar-refractivity contribution in [3.8, 4) is 5.82 Å². The molecule has 0 atom stereocenters. The monoisotopic (exact) mass is 296 g/mol. The fraction of sp³-hybridized carbons (Fsp3) is 0.100. The number of thiocarbonyl (C=S) groups is 1. The molecule has 16 heavy (non-hydrogen) atoms.